The number of benzene rings is 2. The Labute approximate surface area is 159 Å². The van der Waals surface area contributed by atoms with Crippen molar-refractivity contribution in [3.8, 4) is 0 Å². The van der Waals surface area contributed by atoms with Gasteiger partial charge in [-0.2, -0.15) is 11.8 Å². The lowest BCUT2D eigenvalue weighted by atomic mass is 10.2. The van der Waals surface area contributed by atoms with Crippen LogP contribution >= 0.6 is 35.0 Å². The normalized spacial score (nSPS) is 11.0. The summed E-state index contributed by atoms with van der Waals surface area (Å²) in [5.74, 6) is 1.39. The van der Waals surface area contributed by atoms with Crippen LogP contribution in [0.1, 0.15) is 5.82 Å². The molecule has 0 radical (unpaired) electrons. The number of nitrogen functional groups attached to an aromatic ring is 1. The second kappa shape index (κ2) is 7.56. The highest BCUT2D eigenvalue weighted by Gasteiger charge is 2.14. The van der Waals surface area contributed by atoms with Crippen molar-refractivity contribution in [3.63, 3.8) is 0 Å². The van der Waals surface area contributed by atoms with E-state index in [9.17, 15) is 4.79 Å². The summed E-state index contributed by atoms with van der Waals surface area (Å²) < 4.78 is 1.92. The van der Waals surface area contributed by atoms with Crippen molar-refractivity contribution in [1.82, 2.24) is 9.55 Å². The van der Waals surface area contributed by atoms with Gasteiger partial charge in [-0.1, -0.05) is 35.3 Å². The van der Waals surface area contributed by atoms with Crippen LogP contribution in [-0.4, -0.2) is 21.7 Å². The Kier molecular flexibility index (Phi) is 5.42. The van der Waals surface area contributed by atoms with Crippen molar-refractivity contribution in [1.29, 1.82) is 0 Å². The Hall–Kier alpha value is -1.89. The Morgan fingerprint density at radius 3 is 2.64 bits per heavy atom. The molecule has 3 N–H and O–H groups in total. The van der Waals surface area contributed by atoms with E-state index in [0.29, 0.717) is 21.4 Å². The molecule has 0 unspecified atom stereocenters. The molecule has 0 aliphatic carbocycles. The maximum atomic E-state index is 12.5. The summed E-state index contributed by atoms with van der Waals surface area (Å²) in [5, 5.41) is 3.41. The highest BCUT2D eigenvalue weighted by Crippen LogP contribution is 2.31. The molecule has 0 bridgehead atoms. The van der Waals surface area contributed by atoms with E-state index in [2.05, 4.69) is 10.3 Å². The molecule has 1 aromatic heterocycles. The molecular weight excluding hydrogens is 379 g/mol. The zero-order valence-corrected chi connectivity index (χ0v) is 15.8. The Bertz CT molecular complexity index is 919. The molecule has 1 heterocycles. The molecule has 25 heavy (non-hydrogen) atoms. The van der Waals surface area contributed by atoms with E-state index in [-0.39, 0.29) is 12.5 Å². The average Bonchev–Trinajstić information content (AvgIpc) is 2.90. The minimum atomic E-state index is -0.192. The molecule has 0 aliphatic rings. The van der Waals surface area contributed by atoms with E-state index in [1.165, 1.54) is 0 Å². The second-order valence-electron chi connectivity index (χ2n) is 5.44. The first-order valence-corrected chi connectivity index (χ1v) is 9.62. The van der Waals surface area contributed by atoms with Crippen LogP contribution in [0.25, 0.3) is 11.0 Å². The Balaban J connectivity index is 1.86. The van der Waals surface area contributed by atoms with Crippen LogP contribution in [0.5, 0.6) is 0 Å². The van der Waals surface area contributed by atoms with Crippen LogP contribution in [0.2, 0.25) is 10.0 Å². The second-order valence-corrected chi connectivity index (χ2v) is 7.12. The summed E-state index contributed by atoms with van der Waals surface area (Å²) >= 11 is 13.7. The van der Waals surface area contributed by atoms with Crippen LogP contribution in [0.3, 0.4) is 0 Å². The van der Waals surface area contributed by atoms with Gasteiger partial charge in [0.2, 0.25) is 5.91 Å². The van der Waals surface area contributed by atoms with Crippen molar-refractivity contribution in [2.75, 3.05) is 17.3 Å². The van der Waals surface area contributed by atoms with Crippen LogP contribution in [0.4, 0.5) is 11.4 Å². The fourth-order valence-electron chi connectivity index (χ4n) is 2.54. The first-order valence-electron chi connectivity index (χ1n) is 7.47. The summed E-state index contributed by atoms with van der Waals surface area (Å²) in [6.07, 6.45) is 2.00. The van der Waals surface area contributed by atoms with Crippen molar-refractivity contribution in [2.45, 2.75) is 12.3 Å². The number of para-hydroxylation sites is 2. The quantitative estimate of drug-likeness (QED) is 0.627. The van der Waals surface area contributed by atoms with Gasteiger partial charge in [-0.3, -0.25) is 4.79 Å². The van der Waals surface area contributed by atoms with Gasteiger partial charge in [-0.25, -0.2) is 4.98 Å². The van der Waals surface area contributed by atoms with Gasteiger partial charge in [0, 0.05) is 5.69 Å². The molecule has 0 aliphatic heterocycles. The fourth-order valence-corrected chi connectivity index (χ4v) is 3.51. The van der Waals surface area contributed by atoms with Crippen LogP contribution in [0, 0.1) is 0 Å². The lowest BCUT2D eigenvalue weighted by molar-refractivity contribution is -0.116. The molecular formula is C17H16Cl2N4OS. The van der Waals surface area contributed by atoms with Crippen molar-refractivity contribution in [2.24, 2.45) is 0 Å². The molecule has 5 nitrogen and oxygen atoms in total. The molecule has 0 saturated heterocycles. The van der Waals surface area contributed by atoms with Crippen LogP contribution in [0.15, 0.2) is 36.4 Å². The number of fused-ring (bicyclic) bond motifs is 1. The number of hydrogen-bond donors (Lipinski definition) is 2. The molecule has 0 atom stereocenters. The topological polar surface area (TPSA) is 72.9 Å². The van der Waals surface area contributed by atoms with E-state index in [1.54, 1.807) is 23.9 Å². The van der Waals surface area contributed by atoms with Crippen LogP contribution < -0.4 is 11.1 Å². The average molecular weight is 395 g/mol. The standard InChI is InChI=1S/C17H16Cl2N4OS/c1-25-9-15-22-13-4-2-3-5-14(13)23(15)8-16(24)21-10-6-11(18)17(20)12(19)7-10/h2-7H,8-9,20H2,1H3,(H,21,24). The number of carbonyl (C=O) groups is 1. The van der Waals surface area contributed by atoms with E-state index in [1.807, 2.05) is 35.1 Å². The van der Waals surface area contributed by atoms with Gasteiger partial charge in [0.05, 0.1) is 32.5 Å². The predicted octanol–water partition coefficient (Wildman–Crippen LogP) is 4.43. The smallest absolute Gasteiger partial charge is 0.244 e. The largest absolute Gasteiger partial charge is 0.396 e. The van der Waals surface area contributed by atoms with Crippen LogP contribution in [-0.2, 0) is 17.1 Å². The maximum Gasteiger partial charge on any atom is 0.244 e. The number of halogens is 2. The summed E-state index contributed by atoms with van der Waals surface area (Å²) in [6, 6.07) is 10.9. The third-order valence-electron chi connectivity index (χ3n) is 3.67. The summed E-state index contributed by atoms with van der Waals surface area (Å²) in [6.45, 7) is 0.149. The number of carbonyl (C=O) groups excluding carboxylic acids is 1. The zero-order chi connectivity index (χ0) is 18.0. The number of imidazole rings is 1. The third kappa shape index (κ3) is 3.86. The molecule has 3 aromatic rings. The first kappa shape index (κ1) is 17.9. The van der Waals surface area contributed by atoms with Crippen molar-refractivity contribution in [3.05, 3.63) is 52.3 Å². The van der Waals surface area contributed by atoms with Gasteiger partial charge in [0.1, 0.15) is 12.4 Å². The van der Waals surface area contributed by atoms with Gasteiger partial charge >= 0.3 is 0 Å². The maximum absolute atomic E-state index is 12.5. The zero-order valence-electron chi connectivity index (χ0n) is 13.4. The molecule has 0 fully saturated rings. The Morgan fingerprint density at radius 2 is 1.96 bits per heavy atom. The van der Waals surface area contributed by atoms with E-state index < -0.39 is 0 Å². The number of aromatic nitrogens is 2. The monoisotopic (exact) mass is 394 g/mol. The predicted molar refractivity (Wildman–Crippen MR) is 106 cm³/mol. The molecule has 130 valence electrons. The van der Waals surface area contributed by atoms with E-state index in [4.69, 9.17) is 28.9 Å². The summed E-state index contributed by atoms with van der Waals surface area (Å²) in [5.41, 5.74) is 8.31. The molecule has 0 saturated carbocycles. The highest BCUT2D eigenvalue weighted by atomic mass is 35.5. The van der Waals surface area contributed by atoms with E-state index >= 15 is 0 Å². The van der Waals surface area contributed by atoms with Crippen molar-refractivity contribution < 1.29 is 4.79 Å². The SMILES string of the molecule is CSCc1nc2ccccc2n1CC(=O)Nc1cc(Cl)c(N)c(Cl)c1. The van der Waals surface area contributed by atoms with E-state index in [0.717, 1.165) is 22.6 Å². The number of hydrogen-bond acceptors (Lipinski definition) is 4. The van der Waals surface area contributed by atoms with Gasteiger partial charge < -0.3 is 15.6 Å². The van der Waals surface area contributed by atoms with Gasteiger partial charge in [-0.05, 0) is 30.5 Å². The number of nitrogens with zero attached hydrogens (tertiary/aromatic N) is 2. The molecule has 2 aromatic carbocycles. The number of anilines is 2. The highest BCUT2D eigenvalue weighted by molar-refractivity contribution is 7.97. The molecule has 0 spiro atoms. The number of nitrogens with two attached hydrogens (primary N) is 1. The number of amides is 1. The molecule has 3 rings (SSSR count). The van der Waals surface area contributed by atoms with Gasteiger partial charge in [0.25, 0.3) is 0 Å². The molecule has 8 heteroatoms. The summed E-state index contributed by atoms with van der Waals surface area (Å²) in [7, 11) is 0. The third-order valence-corrected chi connectivity index (χ3v) is 4.84. The van der Waals surface area contributed by atoms with Gasteiger partial charge in [0.15, 0.2) is 0 Å². The Morgan fingerprint density at radius 1 is 1.28 bits per heavy atom. The molecule has 1 amide bonds. The summed E-state index contributed by atoms with van der Waals surface area (Å²) in [4.78, 5) is 17.1. The minimum absolute atomic E-state index is 0.149. The van der Waals surface area contributed by atoms with Crippen molar-refractivity contribution >= 4 is 63.3 Å². The minimum Gasteiger partial charge on any atom is -0.396 e. The fraction of sp³-hybridized carbons (Fsp3) is 0.176. The lowest BCUT2D eigenvalue weighted by Gasteiger charge is -2.11. The first-order chi connectivity index (χ1) is 12.0. The number of nitrogens with one attached hydrogen (secondary N) is 1. The lowest BCUT2D eigenvalue weighted by Crippen LogP contribution is -2.20. The van der Waals surface area contributed by atoms with Gasteiger partial charge in [-0.15, -0.1) is 0 Å². The number of rotatable bonds is 5. The number of thioether (sulfide) groups is 1.